The van der Waals surface area contributed by atoms with Crippen LogP contribution in [0.15, 0.2) is 45.8 Å². The molecule has 2 saturated heterocycles. The van der Waals surface area contributed by atoms with Gasteiger partial charge < -0.3 is 13.8 Å². The molecule has 0 saturated carbocycles. The van der Waals surface area contributed by atoms with E-state index in [1.54, 1.807) is 36.9 Å². The second-order valence-corrected chi connectivity index (χ2v) is 9.07. The highest BCUT2D eigenvalue weighted by atomic mass is 32.2. The topological polar surface area (TPSA) is 118 Å². The number of anilines is 1. The third-order valence-electron chi connectivity index (χ3n) is 5.15. The van der Waals surface area contributed by atoms with Crippen molar-refractivity contribution in [3.05, 3.63) is 42.7 Å². The van der Waals surface area contributed by atoms with Crippen LogP contribution in [-0.4, -0.2) is 70.1 Å². The molecule has 0 bridgehead atoms. The van der Waals surface area contributed by atoms with E-state index in [1.165, 1.54) is 0 Å². The molecule has 2 fully saturated rings. The molecule has 146 valence electrons. The van der Waals surface area contributed by atoms with Crippen molar-refractivity contribution >= 4 is 15.8 Å². The second-order valence-electron chi connectivity index (χ2n) is 6.91. The molecule has 2 aliphatic rings. The summed E-state index contributed by atoms with van der Waals surface area (Å²) in [7, 11) is -3.15. The van der Waals surface area contributed by atoms with Gasteiger partial charge in [0.2, 0.25) is 17.7 Å². The zero-order chi connectivity index (χ0) is 19.1. The average Bonchev–Trinajstić information content (AvgIpc) is 3.41. The van der Waals surface area contributed by atoms with Gasteiger partial charge in [-0.15, -0.1) is 0 Å². The second kappa shape index (κ2) is 6.67. The maximum atomic E-state index is 12.4. The smallest absolute Gasteiger partial charge is 0.241 e. The van der Waals surface area contributed by atoms with Gasteiger partial charge in [0.25, 0.3) is 0 Å². The van der Waals surface area contributed by atoms with Crippen molar-refractivity contribution in [3.8, 4) is 11.6 Å². The molecule has 2 atom stereocenters. The molecule has 0 spiro atoms. The summed E-state index contributed by atoms with van der Waals surface area (Å²) in [5, 5.41) is 3.95. The zero-order valence-electron chi connectivity index (χ0n) is 14.9. The van der Waals surface area contributed by atoms with E-state index in [9.17, 15) is 8.42 Å². The molecule has 28 heavy (non-hydrogen) atoms. The molecule has 5 heterocycles. The van der Waals surface area contributed by atoms with Crippen LogP contribution >= 0.6 is 0 Å². The molecule has 3 aromatic rings. The Morgan fingerprint density at radius 1 is 1.11 bits per heavy atom. The molecule has 11 heteroatoms. The summed E-state index contributed by atoms with van der Waals surface area (Å²) in [5.74, 6) is 2.09. The molecule has 0 N–H and O–H groups in total. The van der Waals surface area contributed by atoms with Gasteiger partial charge in [0.15, 0.2) is 15.6 Å². The number of piperazine rings is 1. The molecule has 5 rings (SSSR count). The Bertz CT molecular complexity index is 1050. The van der Waals surface area contributed by atoms with Crippen molar-refractivity contribution in [1.82, 2.24) is 25.0 Å². The fourth-order valence-corrected chi connectivity index (χ4v) is 5.92. The zero-order valence-corrected chi connectivity index (χ0v) is 15.7. The van der Waals surface area contributed by atoms with Crippen molar-refractivity contribution < 1.29 is 17.4 Å². The summed E-state index contributed by atoms with van der Waals surface area (Å²) in [6.45, 7) is 1.65. The average molecular weight is 402 g/mol. The molecule has 3 aromatic heterocycles. The van der Waals surface area contributed by atoms with Crippen molar-refractivity contribution in [2.24, 2.45) is 0 Å². The van der Waals surface area contributed by atoms with Gasteiger partial charge in [-0.2, -0.15) is 4.98 Å². The fourth-order valence-electron chi connectivity index (χ4n) is 3.91. The number of aromatic nitrogens is 4. The van der Waals surface area contributed by atoms with Gasteiger partial charge in [0, 0.05) is 31.5 Å². The Morgan fingerprint density at radius 3 is 2.71 bits per heavy atom. The largest absolute Gasteiger partial charge is 0.461 e. The van der Waals surface area contributed by atoms with Gasteiger partial charge in [-0.25, -0.2) is 18.4 Å². The van der Waals surface area contributed by atoms with Crippen LogP contribution in [0.4, 0.5) is 5.95 Å². The first-order chi connectivity index (χ1) is 13.6. The first-order valence-corrected chi connectivity index (χ1v) is 10.8. The van der Waals surface area contributed by atoms with Gasteiger partial charge in [-0.1, -0.05) is 5.16 Å². The predicted octanol–water partition coefficient (Wildman–Crippen LogP) is 0.607. The van der Waals surface area contributed by atoms with E-state index in [0.717, 1.165) is 0 Å². The van der Waals surface area contributed by atoms with Crippen LogP contribution in [0, 0.1) is 0 Å². The Labute approximate surface area is 161 Å². The van der Waals surface area contributed by atoms with Crippen LogP contribution in [0.3, 0.4) is 0 Å². The number of sulfone groups is 1. The number of nitrogens with zero attached hydrogens (tertiary/aromatic N) is 6. The molecule has 0 aromatic carbocycles. The van der Waals surface area contributed by atoms with Crippen molar-refractivity contribution in [3.63, 3.8) is 0 Å². The predicted molar refractivity (Wildman–Crippen MR) is 98.0 cm³/mol. The summed E-state index contributed by atoms with van der Waals surface area (Å²) < 4.78 is 35.4. The molecule has 2 aliphatic heterocycles. The number of hydrogen-bond acceptors (Lipinski definition) is 10. The Morgan fingerprint density at radius 2 is 1.93 bits per heavy atom. The minimum absolute atomic E-state index is 0.0912. The van der Waals surface area contributed by atoms with Crippen molar-refractivity contribution in [1.29, 1.82) is 0 Å². The SMILES string of the molecule is O=S1(=O)C[C@@H]2[C@H](C1)N(Cc1nc(-c3ccco3)no1)CCN2c1ncccn1. The van der Waals surface area contributed by atoms with E-state index >= 15 is 0 Å². The lowest BCUT2D eigenvalue weighted by Crippen LogP contribution is -2.59. The maximum absolute atomic E-state index is 12.4. The highest BCUT2D eigenvalue weighted by Gasteiger charge is 2.47. The standard InChI is InChI=1S/C17H18N6O4S/c24-28(25)10-12-13(11-28)23(17-18-4-2-5-19-17)7-6-22(12)9-15-20-16(21-27-15)14-3-1-8-26-14/h1-5,8,12-13H,6-7,9-11H2/t12-,13+/m0/s1. The Balaban J connectivity index is 1.38. The normalized spacial score (nSPS) is 24.4. The van der Waals surface area contributed by atoms with Gasteiger partial charge in [-0.3, -0.25) is 4.90 Å². The molecular formula is C17H18N6O4S. The van der Waals surface area contributed by atoms with E-state index < -0.39 is 9.84 Å². The first kappa shape index (κ1) is 17.3. The highest BCUT2D eigenvalue weighted by molar-refractivity contribution is 7.91. The van der Waals surface area contributed by atoms with E-state index in [0.29, 0.717) is 43.1 Å². The summed E-state index contributed by atoms with van der Waals surface area (Å²) in [6, 6.07) is 4.88. The summed E-state index contributed by atoms with van der Waals surface area (Å²) in [6.07, 6.45) is 4.88. The molecule has 0 aliphatic carbocycles. The number of hydrogen-bond donors (Lipinski definition) is 0. The first-order valence-electron chi connectivity index (χ1n) is 8.94. The number of rotatable bonds is 4. The van der Waals surface area contributed by atoms with Gasteiger partial charge in [0.1, 0.15) is 0 Å². The van der Waals surface area contributed by atoms with Crippen LogP contribution in [0.1, 0.15) is 5.89 Å². The third-order valence-corrected chi connectivity index (χ3v) is 6.85. The molecule has 0 radical (unpaired) electrons. The van der Waals surface area contributed by atoms with E-state index in [4.69, 9.17) is 8.94 Å². The molecule has 10 nitrogen and oxygen atoms in total. The van der Waals surface area contributed by atoms with E-state index in [2.05, 4.69) is 25.0 Å². The Kier molecular flexibility index (Phi) is 4.13. The van der Waals surface area contributed by atoms with Gasteiger partial charge in [-0.05, 0) is 18.2 Å². The monoisotopic (exact) mass is 402 g/mol. The van der Waals surface area contributed by atoms with Crippen LogP contribution in [-0.2, 0) is 16.4 Å². The van der Waals surface area contributed by atoms with E-state index in [1.807, 2.05) is 4.90 Å². The minimum atomic E-state index is -3.15. The Hall–Kier alpha value is -2.79. The maximum Gasteiger partial charge on any atom is 0.241 e. The lowest BCUT2D eigenvalue weighted by Gasteiger charge is -2.43. The lowest BCUT2D eigenvalue weighted by atomic mass is 10.1. The van der Waals surface area contributed by atoms with Crippen LogP contribution < -0.4 is 4.90 Å². The molecule has 0 unspecified atom stereocenters. The fraction of sp³-hybridized carbons (Fsp3) is 0.412. The van der Waals surface area contributed by atoms with Crippen LogP contribution in [0.5, 0.6) is 0 Å². The quantitative estimate of drug-likeness (QED) is 0.614. The van der Waals surface area contributed by atoms with Crippen molar-refractivity contribution in [2.75, 3.05) is 29.5 Å². The van der Waals surface area contributed by atoms with Gasteiger partial charge >= 0.3 is 0 Å². The lowest BCUT2D eigenvalue weighted by molar-refractivity contribution is 0.141. The summed E-state index contributed by atoms with van der Waals surface area (Å²) in [4.78, 5) is 17.1. The highest BCUT2D eigenvalue weighted by Crippen LogP contribution is 2.30. The van der Waals surface area contributed by atoms with Crippen LogP contribution in [0.25, 0.3) is 11.6 Å². The summed E-state index contributed by atoms with van der Waals surface area (Å²) >= 11 is 0. The van der Waals surface area contributed by atoms with Crippen LogP contribution in [0.2, 0.25) is 0 Å². The number of furan rings is 1. The summed E-state index contributed by atoms with van der Waals surface area (Å²) in [5.41, 5.74) is 0. The number of fused-ring (bicyclic) bond motifs is 1. The van der Waals surface area contributed by atoms with Crippen molar-refractivity contribution in [2.45, 2.75) is 18.6 Å². The van der Waals surface area contributed by atoms with Gasteiger partial charge in [0.05, 0.1) is 30.4 Å². The molecular weight excluding hydrogens is 384 g/mol. The molecule has 0 amide bonds. The minimum Gasteiger partial charge on any atom is -0.461 e. The van der Waals surface area contributed by atoms with E-state index in [-0.39, 0.29) is 23.6 Å². The third kappa shape index (κ3) is 3.16.